The Morgan fingerprint density at radius 2 is 2.16 bits per heavy atom. The van der Waals surface area contributed by atoms with Gasteiger partial charge in [-0.25, -0.2) is 9.37 Å². The zero-order valence-electron chi connectivity index (χ0n) is 10.5. The van der Waals surface area contributed by atoms with E-state index >= 15 is 0 Å². The molecule has 0 aliphatic carbocycles. The van der Waals surface area contributed by atoms with Crippen molar-refractivity contribution in [3.8, 4) is 0 Å². The number of pyridine rings is 1. The number of nitrogens with zero attached hydrogens (tertiary/aromatic N) is 1. The Kier molecular flexibility index (Phi) is 4.45. The van der Waals surface area contributed by atoms with Crippen molar-refractivity contribution in [2.75, 3.05) is 0 Å². The molecule has 2 aromatic rings. The second kappa shape index (κ2) is 5.90. The van der Waals surface area contributed by atoms with Crippen LogP contribution in [0, 0.1) is 12.7 Å². The molecule has 2 nitrogen and oxygen atoms in total. The van der Waals surface area contributed by atoms with E-state index in [0.29, 0.717) is 21.2 Å². The van der Waals surface area contributed by atoms with E-state index in [0.717, 1.165) is 4.90 Å². The van der Waals surface area contributed by atoms with Gasteiger partial charge in [-0.1, -0.05) is 23.4 Å². The van der Waals surface area contributed by atoms with Crippen LogP contribution in [0.2, 0.25) is 5.02 Å². The van der Waals surface area contributed by atoms with Gasteiger partial charge in [-0.2, -0.15) is 0 Å². The third-order valence-corrected chi connectivity index (χ3v) is 4.18. The molecule has 0 saturated carbocycles. The Morgan fingerprint density at radius 1 is 1.42 bits per heavy atom. The maximum atomic E-state index is 13.6. The van der Waals surface area contributed by atoms with Gasteiger partial charge < -0.3 is 5.11 Å². The Hall–Kier alpha value is -1.10. The summed E-state index contributed by atoms with van der Waals surface area (Å²) in [4.78, 5) is 4.94. The summed E-state index contributed by atoms with van der Waals surface area (Å²) < 4.78 is 13.6. The van der Waals surface area contributed by atoms with Crippen molar-refractivity contribution >= 4 is 23.4 Å². The highest BCUT2D eigenvalue weighted by Gasteiger charge is 2.14. The van der Waals surface area contributed by atoms with Gasteiger partial charge in [0.15, 0.2) is 0 Å². The van der Waals surface area contributed by atoms with Gasteiger partial charge in [0.25, 0.3) is 0 Å². The minimum atomic E-state index is -0.750. The van der Waals surface area contributed by atoms with Gasteiger partial charge in [-0.3, -0.25) is 0 Å². The van der Waals surface area contributed by atoms with E-state index in [4.69, 9.17) is 11.6 Å². The fourth-order valence-electron chi connectivity index (χ4n) is 1.64. The van der Waals surface area contributed by atoms with Crippen molar-refractivity contribution in [3.05, 3.63) is 52.4 Å². The molecule has 1 atom stereocenters. The molecule has 2 rings (SSSR count). The lowest BCUT2D eigenvalue weighted by Crippen LogP contribution is -1.97. The summed E-state index contributed by atoms with van der Waals surface area (Å²) in [7, 11) is 0. The van der Waals surface area contributed by atoms with E-state index in [1.807, 2.05) is 0 Å². The first-order valence-electron chi connectivity index (χ1n) is 5.75. The average Bonchev–Trinajstić information content (AvgIpc) is 2.36. The van der Waals surface area contributed by atoms with Gasteiger partial charge in [0.2, 0.25) is 0 Å². The van der Waals surface area contributed by atoms with Crippen LogP contribution in [-0.4, -0.2) is 10.1 Å². The van der Waals surface area contributed by atoms with E-state index < -0.39 is 6.10 Å². The van der Waals surface area contributed by atoms with Crippen LogP contribution in [0.3, 0.4) is 0 Å². The molecule has 1 N–H and O–H groups in total. The second-order valence-corrected chi connectivity index (χ2v) is 5.65. The van der Waals surface area contributed by atoms with Gasteiger partial charge in [0.05, 0.1) is 11.1 Å². The van der Waals surface area contributed by atoms with E-state index in [1.54, 1.807) is 38.2 Å². The maximum absolute atomic E-state index is 13.6. The smallest absolute Gasteiger partial charge is 0.126 e. The standard InChI is InChI=1S/C14H13ClFNOS/c1-8-6-13(10(9(2)18)7-12(8)16)19-14-11(15)4-3-5-17-14/h3-7,9,18H,1-2H3/t9-/m1/s1. The van der Waals surface area contributed by atoms with Gasteiger partial charge in [0, 0.05) is 11.1 Å². The number of benzene rings is 1. The fourth-order valence-corrected chi connectivity index (χ4v) is 2.94. The number of hydrogen-bond acceptors (Lipinski definition) is 3. The molecule has 0 fully saturated rings. The topological polar surface area (TPSA) is 33.1 Å². The molecule has 0 radical (unpaired) electrons. The van der Waals surface area contributed by atoms with E-state index in [9.17, 15) is 9.50 Å². The van der Waals surface area contributed by atoms with Crippen molar-refractivity contribution in [1.82, 2.24) is 4.98 Å². The number of hydrogen-bond donors (Lipinski definition) is 1. The summed E-state index contributed by atoms with van der Waals surface area (Å²) in [6.45, 7) is 3.29. The Bertz CT molecular complexity index is 604. The number of aryl methyl sites for hydroxylation is 1. The molecule has 0 unspecified atom stereocenters. The predicted octanol–water partition coefficient (Wildman–Crippen LogP) is 4.39. The number of aliphatic hydroxyl groups is 1. The Balaban J connectivity index is 2.45. The van der Waals surface area contributed by atoms with Crippen molar-refractivity contribution in [2.24, 2.45) is 0 Å². The predicted molar refractivity (Wildman–Crippen MR) is 75.1 cm³/mol. The molecule has 0 aliphatic rings. The van der Waals surface area contributed by atoms with Crippen LogP contribution in [0.25, 0.3) is 0 Å². The minimum absolute atomic E-state index is 0.327. The van der Waals surface area contributed by atoms with E-state index in [1.165, 1.54) is 17.8 Å². The lowest BCUT2D eigenvalue weighted by Gasteiger charge is -2.13. The third kappa shape index (κ3) is 3.26. The molecule has 100 valence electrons. The van der Waals surface area contributed by atoms with Gasteiger partial charge in [-0.05, 0) is 49.2 Å². The quantitative estimate of drug-likeness (QED) is 0.912. The first kappa shape index (κ1) is 14.3. The molecule has 0 amide bonds. The summed E-state index contributed by atoms with van der Waals surface area (Å²) in [5, 5.41) is 10.9. The zero-order valence-corrected chi connectivity index (χ0v) is 12.1. The van der Waals surface area contributed by atoms with Crippen LogP contribution in [0.4, 0.5) is 4.39 Å². The van der Waals surface area contributed by atoms with E-state index in [-0.39, 0.29) is 5.82 Å². The molecule has 5 heteroatoms. The van der Waals surface area contributed by atoms with Crippen molar-refractivity contribution < 1.29 is 9.50 Å². The first-order valence-corrected chi connectivity index (χ1v) is 6.95. The normalized spacial score (nSPS) is 12.5. The molecule has 1 aromatic carbocycles. The van der Waals surface area contributed by atoms with E-state index in [2.05, 4.69) is 4.98 Å². The van der Waals surface area contributed by atoms with Gasteiger partial charge in [0.1, 0.15) is 10.8 Å². The SMILES string of the molecule is Cc1cc(Sc2ncccc2Cl)c([C@@H](C)O)cc1F. The molecule has 1 heterocycles. The minimum Gasteiger partial charge on any atom is -0.389 e. The van der Waals surface area contributed by atoms with Crippen LogP contribution in [0.5, 0.6) is 0 Å². The summed E-state index contributed by atoms with van der Waals surface area (Å²) >= 11 is 7.38. The van der Waals surface area contributed by atoms with Gasteiger partial charge in [-0.15, -0.1) is 0 Å². The van der Waals surface area contributed by atoms with Crippen LogP contribution in [0.1, 0.15) is 24.2 Å². The third-order valence-electron chi connectivity index (χ3n) is 2.67. The number of rotatable bonds is 3. The van der Waals surface area contributed by atoms with Crippen LogP contribution in [-0.2, 0) is 0 Å². The molecule has 0 aliphatic heterocycles. The summed E-state index contributed by atoms with van der Waals surface area (Å²) in [5.41, 5.74) is 1.06. The number of halogens is 2. The molecular formula is C14H13ClFNOS. The number of aromatic nitrogens is 1. The summed E-state index contributed by atoms with van der Waals surface area (Å²) in [6.07, 6.45) is 0.896. The van der Waals surface area contributed by atoms with Crippen molar-refractivity contribution in [3.63, 3.8) is 0 Å². The highest BCUT2D eigenvalue weighted by molar-refractivity contribution is 7.99. The molecule has 0 saturated heterocycles. The largest absolute Gasteiger partial charge is 0.389 e. The van der Waals surface area contributed by atoms with Crippen molar-refractivity contribution in [1.29, 1.82) is 0 Å². The first-order chi connectivity index (χ1) is 8.99. The van der Waals surface area contributed by atoms with Crippen LogP contribution in [0.15, 0.2) is 40.4 Å². The number of aliphatic hydroxyl groups excluding tert-OH is 1. The summed E-state index contributed by atoms with van der Waals surface area (Å²) in [6, 6.07) is 6.56. The Morgan fingerprint density at radius 3 is 2.79 bits per heavy atom. The molecule has 19 heavy (non-hydrogen) atoms. The van der Waals surface area contributed by atoms with Crippen LogP contribution >= 0.6 is 23.4 Å². The Labute approximate surface area is 120 Å². The second-order valence-electron chi connectivity index (χ2n) is 4.21. The highest BCUT2D eigenvalue weighted by atomic mass is 35.5. The molecule has 1 aromatic heterocycles. The zero-order chi connectivity index (χ0) is 14.0. The fraction of sp³-hybridized carbons (Fsp3) is 0.214. The maximum Gasteiger partial charge on any atom is 0.126 e. The van der Waals surface area contributed by atoms with Crippen LogP contribution < -0.4 is 0 Å². The lowest BCUT2D eigenvalue weighted by atomic mass is 10.1. The summed E-state index contributed by atoms with van der Waals surface area (Å²) in [5.74, 6) is -0.327. The molecule has 0 bridgehead atoms. The van der Waals surface area contributed by atoms with Crippen molar-refractivity contribution in [2.45, 2.75) is 29.9 Å². The molecule has 0 spiro atoms. The van der Waals surface area contributed by atoms with Gasteiger partial charge >= 0.3 is 0 Å². The monoisotopic (exact) mass is 297 g/mol. The lowest BCUT2D eigenvalue weighted by molar-refractivity contribution is 0.196. The highest BCUT2D eigenvalue weighted by Crippen LogP contribution is 2.36. The average molecular weight is 298 g/mol. The molecular weight excluding hydrogens is 285 g/mol.